The molecule has 2 N–H and O–H groups in total. The zero-order chi connectivity index (χ0) is 13.7. The first-order chi connectivity index (χ1) is 8.41. The Morgan fingerprint density at radius 2 is 1.89 bits per heavy atom. The maximum Gasteiger partial charge on any atom is 0.0474 e. The summed E-state index contributed by atoms with van der Waals surface area (Å²) in [7, 11) is 6.27. The van der Waals surface area contributed by atoms with E-state index in [0.717, 1.165) is 35.8 Å². The van der Waals surface area contributed by atoms with Crippen molar-refractivity contribution >= 4 is 17.3 Å². The predicted octanol–water partition coefficient (Wildman–Crippen LogP) is 2.75. The van der Waals surface area contributed by atoms with Gasteiger partial charge in [0.05, 0.1) is 0 Å². The predicted molar refractivity (Wildman–Crippen MR) is 80.5 cm³/mol. The van der Waals surface area contributed by atoms with Crippen LogP contribution in [0.5, 0.6) is 0 Å². The standard InChI is InChI=1S/C14H24ClN3/c1-11(16)13-7-6-12(10-14(13)15)18(4)9-5-8-17(2)3/h6-7,10-11H,5,8-9,16H2,1-4H3. The fourth-order valence-electron chi connectivity index (χ4n) is 1.88. The van der Waals surface area contributed by atoms with Crippen LogP contribution in [0.2, 0.25) is 5.02 Å². The van der Waals surface area contributed by atoms with E-state index in [0.29, 0.717) is 0 Å². The van der Waals surface area contributed by atoms with Crippen molar-refractivity contribution in [3.63, 3.8) is 0 Å². The number of rotatable bonds is 6. The molecule has 3 nitrogen and oxygen atoms in total. The van der Waals surface area contributed by atoms with Crippen LogP contribution in [-0.4, -0.2) is 39.1 Å². The van der Waals surface area contributed by atoms with Crippen LogP contribution in [0.4, 0.5) is 5.69 Å². The molecule has 0 aliphatic heterocycles. The fraction of sp³-hybridized carbons (Fsp3) is 0.571. The molecular weight excluding hydrogens is 246 g/mol. The molecule has 4 heteroatoms. The van der Waals surface area contributed by atoms with E-state index < -0.39 is 0 Å². The van der Waals surface area contributed by atoms with E-state index in [-0.39, 0.29) is 6.04 Å². The quantitative estimate of drug-likeness (QED) is 0.862. The number of anilines is 1. The van der Waals surface area contributed by atoms with Crippen molar-refractivity contribution < 1.29 is 0 Å². The van der Waals surface area contributed by atoms with E-state index in [2.05, 4.69) is 37.0 Å². The molecular formula is C14H24ClN3. The Labute approximate surface area is 116 Å². The van der Waals surface area contributed by atoms with Crippen molar-refractivity contribution in [2.75, 3.05) is 39.1 Å². The number of halogens is 1. The average molecular weight is 270 g/mol. The van der Waals surface area contributed by atoms with E-state index in [1.165, 1.54) is 0 Å². The molecule has 0 amide bonds. The Hall–Kier alpha value is -0.770. The normalized spacial score (nSPS) is 12.8. The third-order valence-corrected chi connectivity index (χ3v) is 3.34. The Morgan fingerprint density at radius 3 is 2.39 bits per heavy atom. The van der Waals surface area contributed by atoms with Crippen LogP contribution < -0.4 is 10.6 Å². The fourth-order valence-corrected chi connectivity index (χ4v) is 2.22. The molecule has 1 aromatic carbocycles. The second-order valence-electron chi connectivity index (χ2n) is 5.07. The molecule has 0 fully saturated rings. The lowest BCUT2D eigenvalue weighted by atomic mass is 10.1. The van der Waals surface area contributed by atoms with E-state index in [1.807, 2.05) is 19.1 Å². The van der Waals surface area contributed by atoms with Gasteiger partial charge in [-0.2, -0.15) is 0 Å². The summed E-state index contributed by atoms with van der Waals surface area (Å²) < 4.78 is 0. The Bertz CT molecular complexity index is 377. The lowest BCUT2D eigenvalue weighted by Crippen LogP contribution is -2.23. The minimum absolute atomic E-state index is 0.0226. The summed E-state index contributed by atoms with van der Waals surface area (Å²) in [5, 5.41) is 0.752. The highest BCUT2D eigenvalue weighted by Gasteiger charge is 2.08. The first kappa shape index (κ1) is 15.3. The highest BCUT2D eigenvalue weighted by Crippen LogP contribution is 2.26. The van der Waals surface area contributed by atoms with Gasteiger partial charge in [0.1, 0.15) is 0 Å². The monoisotopic (exact) mass is 269 g/mol. The molecule has 0 heterocycles. The van der Waals surface area contributed by atoms with Gasteiger partial charge >= 0.3 is 0 Å². The van der Waals surface area contributed by atoms with Crippen LogP contribution in [-0.2, 0) is 0 Å². The molecule has 102 valence electrons. The minimum Gasteiger partial charge on any atom is -0.375 e. The molecule has 0 aliphatic rings. The van der Waals surface area contributed by atoms with Crippen molar-refractivity contribution in [3.8, 4) is 0 Å². The number of benzene rings is 1. The lowest BCUT2D eigenvalue weighted by Gasteiger charge is -2.21. The molecule has 1 rings (SSSR count). The third kappa shape index (κ3) is 4.48. The zero-order valence-electron chi connectivity index (χ0n) is 11.8. The van der Waals surface area contributed by atoms with Gasteiger partial charge in [-0.15, -0.1) is 0 Å². The number of hydrogen-bond acceptors (Lipinski definition) is 3. The molecule has 1 atom stereocenters. The molecule has 0 spiro atoms. The van der Waals surface area contributed by atoms with Gasteiger partial charge in [-0.25, -0.2) is 0 Å². The summed E-state index contributed by atoms with van der Waals surface area (Å²) in [6, 6.07) is 6.08. The summed E-state index contributed by atoms with van der Waals surface area (Å²) in [4.78, 5) is 4.42. The summed E-state index contributed by atoms with van der Waals surface area (Å²) in [6.07, 6.45) is 1.14. The maximum atomic E-state index is 6.24. The number of hydrogen-bond donors (Lipinski definition) is 1. The first-order valence-electron chi connectivity index (χ1n) is 6.32. The van der Waals surface area contributed by atoms with Gasteiger partial charge in [0.25, 0.3) is 0 Å². The van der Waals surface area contributed by atoms with Gasteiger partial charge in [-0.05, 0) is 51.7 Å². The van der Waals surface area contributed by atoms with E-state index >= 15 is 0 Å². The summed E-state index contributed by atoms with van der Waals surface area (Å²) in [6.45, 7) is 4.06. The molecule has 0 saturated heterocycles. The molecule has 1 aromatic rings. The Kier molecular flexibility index (Phi) is 5.93. The smallest absolute Gasteiger partial charge is 0.0474 e. The number of nitrogens with zero attached hydrogens (tertiary/aromatic N) is 2. The molecule has 1 unspecified atom stereocenters. The highest BCUT2D eigenvalue weighted by atomic mass is 35.5. The zero-order valence-corrected chi connectivity index (χ0v) is 12.5. The molecule has 0 aliphatic carbocycles. The first-order valence-corrected chi connectivity index (χ1v) is 6.70. The maximum absolute atomic E-state index is 6.24. The van der Waals surface area contributed by atoms with Gasteiger partial charge < -0.3 is 15.5 Å². The van der Waals surface area contributed by atoms with Crippen LogP contribution >= 0.6 is 11.6 Å². The molecule has 0 aromatic heterocycles. The van der Waals surface area contributed by atoms with Gasteiger partial charge in [-0.1, -0.05) is 17.7 Å². The SMILES string of the molecule is CC(N)c1ccc(N(C)CCCN(C)C)cc1Cl. The van der Waals surface area contributed by atoms with Gasteiger partial charge in [0.15, 0.2) is 0 Å². The van der Waals surface area contributed by atoms with Crippen LogP contribution in [0.3, 0.4) is 0 Å². The van der Waals surface area contributed by atoms with Gasteiger partial charge in [-0.3, -0.25) is 0 Å². The van der Waals surface area contributed by atoms with Crippen molar-refractivity contribution in [1.29, 1.82) is 0 Å². The second kappa shape index (κ2) is 6.98. The van der Waals surface area contributed by atoms with Crippen LogP contribution in [0, 0.1) is 0 Å². The molecule has 18 heavy (non-hydrogen) atoms. The van der Waals surface area contributed by atoms with Crippen LogP contribution in [0.25, 0.3) is 0 Å². The van der Waals surface area contributed by atoms with Crippen molar-refractivity contribution in [1.82, 2.24) is 4.90 Å². The van der Waals surface area contributed by atoms with Gasteiger partial charge in [0.2, 0.25) is 0 Å². The second-order valence-corrected chi connectivity index (χ2v) is 5.48. The van der Waals surface area contributed by atoms with Crippen LogP contribution in [0.1, 0.15) is 24.9 Å². The summed E-state index contributed by atoms with van der Waals surface area (Å²) >= 11 is 6.24. The minimum atomic E-state index is -0.0226. The van der Waals surface area contributed by atoms with E-state index in [4.69, 9.17) is 17.3 Å². The van der Waals surface area contributed by atoms with Crippen LogP contribution in [0.15, 0.2) is 18.2 Å². The average Bonchev–Trinajstić information content (AvgIpc) is 2.27. The highest BCUT2D eigenvalue weighted by molar-refractivity contribution is 6.31. The Morgan fingerprint density at radius 1 is 1.22 bits per heavy atom. The lowest BCUT2D eigenvalue weighted by molar-refractivity contribution is 0.401. The summed E-state index contributed by atoms with van der Waals surface area (Å²) in [5.74, 6) is 0. The third-order valence-electron chi connectivity index (χ3n) is 3.01. The van der Waals surface area contributed by atoms with E-state index in [9.17, 15) is 0 Å². The topological polar surface area (TPSA) is 32.5 Å². The van der Waals surface area contributed by atoms with Gasteiger partial charge in [0, 0.05) is 30.3 Å². The summed E-state index contributed by atoms with van der Waals surface area (Å²) in [5.41, 5.74) is 7.99. The number of nitrogens with two attached hydrogens (primary N) is 1. The molecule has 0 radical (unpaired) electrons. The van der Waals surface area contributed by atoms with Crippen molar-refractivity contribution in [2.24, 2.45) is 5.73 Å². The van der Waals surface area contributed by atoms with E-state index in [1.54, 1.807) is 0 Å². The van der Waals surface area contributed by atoms with Crippen molar-refractivity contribution in [3.05, 3.63) is 28.8 Å². The molecule has 0 saturated carbocycles. The largest absolute Gasteiger partial charge is 0.375 e. The Balaban J connectivity index is 2.63. The van der Waals surface area contributed by atoms with Crippen molar-refractivity contribution in [2.45, 2.75) is 19.4 Å². The molecule has 0 bridgehead atoms.